The van der Waals surface area contributed by atoms with Gasteiger partial charge in [0.05, 0.1) is 23.9 Å². The number of aromatic nitrogens is 2. The number of amides is 1. The molecule has 0 fully saturated rings. The minimum Gasteiger partial charge on any atom is -0.326 e. The largest absolute Gasteiger partial charge is 0.326 e. The quantitative estimate of drug-likeness (QED) is 0.746. The van der Waals surface area contributed by atoms with Crippen LogP contribution < -0.4 is 5.32 Å². The van der Waals surface area contributed by atoms with Crippen LogP contribution in [0, 0.1) is 11.3 Å². The minimum absolute atomic E-state index is 0.0882. The molecule has 5 nitrogen and oxygen atoms in total. The van der Waals surface area contributed by atoms with E-state index in [9.17, 15) is 4.79 Å². The summed E-state index contributed by atoms with van der Waals surface area (Å²) in [6.07, 6.45) is 3.21. The van der Waals surface area contributed by atoms with E-state index in [-0.39, 0.29) is 12.3 Å². The standard InChI is InChI=1S/C18H12Cl2N4O/c19-16-2-1-3-17(20)15(16)8-18(25)23-13-4-6-14(7-5-13)24-11-12(9-21)10-22-24/h1-7,10-11H,8H2,(H,23,25). The second-order valence-corrected chi connectivity index (χ2v) is 6.07. The van der Waals surface area contributed by atoms with Gasteiger partial charge in [-0.05, 0) is 42.0 Å². The Labute approximate surface area is 154 Å². The molecule has 0 saturated heterocycles. The number of carbonyl (C=O) groups is 1. The molecule has 0 atom stereocenters. The maximum absolute atomic E-state index is 12.2. The molecule has 2 aromatic carbocycles. The van der Waals surface area contributed by atoms with Crippen LogP contribution in [0.25, 0.3) is 5.69 Å². The van der Waals surface area contributed by atoms with Crippen molar-refractivity contribution >= 4 is 34.8 Å². The summed E-state index contributed by atoms with van der Waals surface area (Å²) in [6, 6.07) is 14.3. The number of halogens is 2. The predicted molar refractivity (Wildman–Crippen MR) is 97.1 cm³/mol. The fraction of sp³-hybridized carbons (Fsp3) is 0.0556. The molecule has 0 spiro atoms. The summed E-state index contributed by atoms with van der Waals surface area (Å²) in [7, 11) is 0. The highest BCUT2D eigenvalue weighted by molar-refractivity contribution is 6.36. The molecule has 0 aliphatic heterocycles. The highest BCUT2D eigenvalue weighted by Gasteiger charge is 2.11. The summed E-state index contributed by atoms with van der Waals surface area (Å²) >= 11 is 12.2. The van der Waals surface area contributed by atoms with Gasteiger partial charge in [0.1, 0.15) is 6.07 Å². The first-order valence-electron chi connectivity index (χ1n) is 7.35. The van der Waals surface area contributed by atoms with Crippen molar-refractivity contribution in [3.63, 3.8) is 0 Å². The van der Waals surface area contributed by atoms with Gasteiger partial charge in [-0.3, -0.25) is 4.79 Å². The van der Waals surface area contributed by atoms with E-state index >= 15 is 0 Å². The van der Waals surface area contributed by atoms with Crippen molar-refractivity contribution in [3.05, 3.63) is 76.0 Å². The molecule has 0 radical (unpaired) electrons. The maximum Gasteiger partial charge on any atom is 0.228 e. The zero-order valence-electron chi connectivity index (χ0n) is 12.9. The number of anilines is 1. The highest BCUT2D eigenvalue weighted by atomic mass is 35.5. The smallest absolute Gasteiger partial charge is 0.228 e. The Balaban J connectivity index is 1.69. The first kappa shape index (κ1) is 17.0. The number of rotatable bonds is 4. The Hall–Kier alpha value is -2.81. The molecule has 0 bridgehead atoms. The summed E-state index contributed by atoms with van der Waals surface area (Å²) in [6.45, 7) is 0. The van der Waals surface area contributed by atoms with E-state index < -0.39 is 0 Å². The number of hydrogen-bond donors (Lipinski definition) is 1. The molecule has 1 N–H and O–H groups in total. The molecule has 7 heteroatoms. The lowest BCUT2D eigenvalue weighted by Crippen LogP contribution is -2.15. The summed E-state index contributed by atoms with van der Waals surface area (Å²) in [5.41, 5.74) is 2.51. The van der Waals surface area contributed by atoms with Gasteiger partial charge >= 0.3 is 0 Å². The lowest BCUT2D eigenvalue weighted by molar-refractivity contribution is -0.115. The molecule has 0 aliphatic rings. The van der Waals surface area contributed by atoms with E-state index in [1.807, 2.05) is 6.07 Å². The summed E-state index contributed by atoms with van der Waals surface area (Å²) in [4.78, 5) is 12.2. The highest BCUT2D eigenvalue weighted by Crippen LogP contribution is 2.25. The van der Waals surface area contributed by atoms with Crippen LogP contribution in [-0.2, 0) is 11.2 Å². The Kier molecular flexibility index (Phi) is 5.03. The fourth-order valence-corrected chi connectivity index (χ4v) is 2.82. The molecule has 1 heterocycles. The van der Waals surface area contributed by atoms with Gasteiger partial charge in [-0.15, -0.1) is 0 Å². The Bertz CT molecular complexity index is 938. The van der Waals surface area contributed by atoms with Crippen molar-refractivity contribution < 1.29 is 4.79 Å². The van der Waals surface area contributed by atoms with Crippen molar-refractivity contribution in [2.45, 2.75) is 6.42 Å². The third-order valence-corrected chi connectivity index (χ3v) is 4.23. The zero-order valence-corrected chi connectivity index (χ0v) is 14.4. The van der Waals surface area contributed by atoms with Gasteiger partial charge in [0.25, 0.3) is 0 Å². The molecular formula is C18H12Cl2N4O. The molecule has 124 valence electrons. The number of nitrogens with one attached hydrogen (secondary N) is 1. The fourth-order valence-electron chi connectivity index (χ4n) is 2.29. The summed E-state index contributed by atoms with van der Waals surface area (Å²) in [5.74, 6) is -0.214. The number of nitriles is 1. The average Bonchev–Trinajstić information content (AvgIpc) is 3.08. The molecule has 1 amide bonds. The van der Waals surface area contributed by atoms with Crippen molar-refractivity contribution in [2.24, 2.45) is 0 Å². The maximum atomic E-state index is 12.2. The Morgan fingerprint density at radius 2 is 1.84 bits per heavy atom. The van der Waals surface area contributed by atoms with Crippen LogP contribution >= 0.6 is 23.2 Å². The van der Waals surface area contributed by atoms with Gasteiger partial charge in [0.2, 0.25) is 5.91 Å². The third-order valence-electron chi connectivity index (χ3n) is 3.53. The predicted octanol–water partition coefficient (Wildman–Crippen LogP) is 4.23. The Morgan fingerprint density at radius 3 is 2.44 bits per heavy atom. The lowest BCUT2D eigenvalue weighted by Gasteiger charge is -2.09. The van der Waals surface area contributed by atoms with Crippen LogP contribution in [0.4, 0.5) is 5.69 Å². The van der Waals surface area contributed by atoms with E-state index in [1.54, 1.807) is 53.3 Å². The number of benzene rings is 2. The van der Waals surface area contributed by atoms with Gasteiger partial charge in [0.15, 0.2) is 0 Å². The van der Waals surface area contributed by atoms with Crippen LogP contribution in [0.5, 0.6) is 0 Å². The van der Waals surface area contributed by atoms with Crippen molar-refractivity contribution in [2.75, 3.05) is 5.32 Å². The van der Waals surface area contributed by atoms with Gasteiger partial charge in [-0.1, -0.05) is 29.3 Å². The monoisotopic (exact) mass is 370 g/mol. The minimum atomic E-state index is -0.214. The molecule has 0 unspecified atom stereocenters. The second-order valence-electron chi connectivity index (χ2n) is 5.26. The number of nitrogens with zero attached hydrogens (tertiary/aromatic N) is 3. The molecule has 25 heavy (non-hydrogen) atoms. The molecule has 0 saturated carbocycles. The zero-order chi connectivity index (χ0) is 17.8. The topological polar surface area (TPSA) is 70.7 Å². The van der Waals surface area contributed by atoms with Crippen LogP contribution in [0.15, 0.2) is 54.9 Å². The van der Waals surface area contributed by atoms with Crippen molar-refractivity contribution in [1.29, 1.82) is 5.26 Å². The first-order valence-corrected chi connectivity index (χ1v) is 8.10. The van der Waals surface area contributed by atoms with E-state index in [0.29, 0.717) is 26.9 Å². The van der Waals surface area contributed by atoms with E-state index in [4.69, 9.17) is 28.5 Å². The van der Waals surface area contributed by atoms with E-state index in [2.05, 4.69) is 10.4 Å². The van der Waals surface area contributed by atoms with Crippen LogP contribution in [0.1, 0.15) is 11.1 Å². The molecule has 0 aliphatic carbocycles. The lowest BCUT2D eigenvalue weighted by atomic mass is 10.1. The summed E-state index contributed by atoms with van der Waals surface area (Å²) < 4.78 is 1.59. The SMILES string of the molecule is N#Cc1cnn(-c2ccc(NC(=O)Cc3c(Cl)cccc3Cl)cc2)c1. The van der Waals surface area contributed by atoms with E-state index in [0.717, 1.165) is 5.69 Å². The van der Waals surface area contributed by atoms with E-state index in [1.165, 1.54) is 6.20 Å². The normalized spacial score (nSPS) is 10.3. The van der Waals surface area contributed by atoms with Gasteiger partial charge in [-0.2, -0.15) is 10.4 Å². The number of carbonyl (C=O) groups excluding carboxylic acids is 1. The van der Waals surface area contributed by atoms with Crippen LogP contribution in [0.2, 0.25) is 10.0 Å². The third kappa shape index (κ3) is 4.00. The molecule has 3 rings (SSSR count). The van der Waals surface area contributed by atoms with Crippen LogP contribution in [-0.4, -0.2) is 15.7 Å². The van der Waals surface area contributed by atoms with Crippen molar-refractivity contribution in [1.82, 2.24) is 9.78 Å². The van der Waals surface area contributed by atoms with Gasteiger partial charge < -0.3 is 5.32 Å². The average molecular weight is 371 g/mol. The molecular weight excluding hydrogens is 359 g/mol. The van der Waals surface area contributed by atoms with Crippen molar-refractivity contribution in [3.8, 4) is 11.8 Å². The van der Waals surface area contributed by atoms with Gasteiger partial charge in [-0.25, -0.2) is 4.68 Å². The second kappa shape index (κ2) is 7.39. The summed E-state index contributed by atoms with van der Waals surface area (Å²) in [5, 5.41) is 16.7. The number of hydrogen-bond acceptors (Lipinski definition) is 3. The Morgan fingerprint density at radius 1 is 1.16 bits per heavy atom. The first-order chi connectivity index (χ1) is 12.1. The molecule has 3 aromatic rings. The molecule has 1 aromatic heterocycles. The van der Waals surface area contributed by atoms with Gasteiger partial charge in [0, 0.05) is 21.9 Å². The van der Waals surface area contributed by atoms with Crippen LogP contribution in [0.3, 0.4) is 0 Å².